The highest BCUT2D eigenvalue weighted by atomic mass is 16.6. The fraction of sp³-hybridized carbons (Fsp3) is 0.875. The molecule has 0 rings (SSSR count). The van der Waals surface area contributed by atoms with Crippen LogP contribution in [0.15, 0.2) is 0 Å². The van der Waals surface area contributed by atoms with Gasteiger partial charge in [0.15, 0.2) is 0 Å². The smallest absolute Gasteiger partial charge is 0.381 e. The van der Waals surface area contributed by atoms with E-state index in [9.17, 15) is 14.9 Å². The van der Waals surface area contributed by atoms with E-state index in [0.29, 0.717) is 6.42 Å². The molecule has 0 aromatic heterocycles. The summed E-state index contributed by atoms with van der Waals surface area (Å²) < 4.78 is 4.58. The molecule has 0 radical (unpaired) electrons. The van der Waals surface area contributed by atoms with Gasteiger partial charge in [0, 0.05) is 11.3 Å². The van der Waals surface area contributed by atoms with Gasteiger partial charge >= 0.3 is 12.0 Å². The van der Waals surface area contributed by atoms with Gasteiger partial charge in [-0.2, -0.15) is 0 Å². The molecule has 0 heterocycles. The van der Waals surface area contributed by atoms with Crippen molar-refractivity contribution in [1.29, 1.82) is 0 Å². The third-order valence-electron chi connectivity index (χ3n) is 1.64. The Hall–Kier alpha value is -1.13. The van der Waals surface area contributed by atoms with Crippen LogP contribution >= 0.6 is 0 Å². The van der Waals surface area contributed by atoms with Gasteiger partial charge in [-0.15, -0.1) is 0 Å². The molecule has 0 aliphatic carbocycles. The van der Waals surface area contributed by atoms with Crippen molar-refractivity contribution in [1.82, 2.24) is 0 Å². The number of esters is 1. The maximum Gasteiger partial charge on any atom is 0.381 e. The van der Waals surface area contributed by atoms with E-state index in [1.807, 2.05) is 6.92 Å². The van der Waals surface area contributed by atoms with Gasteiger partial charge in [0.25, 0.3) is 0 Å². The van der Waals surface area contributed by atoms with Crippen molar-refractivity contribution in [3.8, 4) is 0 Å². The number of ether oxygens (including phenoxy) is 1. The van der Waals surface area contributed by atoms with Gasteiger partial charge in [-0.3, -0.25) is 10.1 Å². The summed E-state index contributed by atoms with van der Waals surface area (Å²) in [5, 5.41) is 10.4. The molecule has 1 unspecified atom stereocenters. The average Bonchev–Trinajstić information content (AvgIpc) is 2.05. The molecule has 0 aliphatic heterocycles. The summed E-state index contributed by atoms with van der Waals surface area (Å²) in [4.78, 5) is 20.9. The van der Waals surface area contributed by atoms with E-state index in [2.05, 4.69) is 4.74 Å². The summed E-state index contributed by atoms with van der Waals surface area (Å²) in [7, 11) is 0. The van der Waals surface area contributed by atoms with Crippen LogP contribution in [0.3, 0.4) is 0 Å². The van der Waals surface area contributed by atoms with Crippen molar-refractivity contribution < 1.29 is 14.5 Å². The van der Waals surface area contributed by atoms with Crippen LogP contribution in [0.5, 0.6) is 0 Å². The molecule has 0 aromatic carbocycles. The van der Waals surface area contributed by atoms with Gasteiger partial charge in [0.05, 0.1) is 6.61 Å². The molecule has 1 atom stereocenters. The second-order valence-corrected chi connectivity index (χ2v) is 2.70. The average molecular weight is 189 g/mol. The minimum absolute atomic E-state index is 0.190. The van der Waals surface area contributed by atoms with E-state index in [0.717, 1.165) is 6.42 Å². The molecule has 13 heavy (non-hydrogen) atoms. The molecule has 0 aliphatic rings. The van der Waals surface area contributed by atoms with Crippen LogP contribution in [-0.2, 0) is 9.53 Å². The largest absolute Gasteiger partial charge is 0.461 e. The first-order chi connectivity index (χ1) is 6.13. The highest BCUT2D eigenvalue weighted by Crippen LogP contribution is 2.05. The van der Waals surface area contributed by atoms with Gasteiger partial charge in [0.1, 0.15) is 0 Å². The lowest BCUT2D eigenvalue weighted by molar-refractivity contribution is -0.511. The van der Waals surface area contributed by atoms with Gasteiger partial charge in [0.2, 0.25) is 0 Å². The van der Waals surface area contributed by atoms with E-state index < -0.39 is 16.9 Å². The molecule has 0 amide bonds. The van der Waals surface area contributed by atoms with Crippen LogP contribution in [0, 0.1) is 10.1 Å². The van der Waals surface area contributed by atoms with E-state index >= 15 is 0 Å². The summed E-state index contributed by atoms with van der Waals surface area (Å²) in [5.74, 6) is -0.721. The van der Waals surface area contributed by atoms with Gasteiger partial charge in [-0.25, -0.2) is 4.79 Å². The summed E-state index contributed by atoms with van der Waals surface area (Å²) in [6.45, 7) is 3.74. The van der Waals surface area contributed by atoms with Crippen molar-refractivity contribution in [3.05, 3.63) is 10.1 Å². The molecule has 76 valence electrons. The number of carbonyl (C=O) groups excluding carboxylic acids is 1. The van der Waals surface area contributed by atoms with Crippen LogP contribution in [0.4, 0.5) is 0 Å². The van der Waals surface area contributed by atoms with Gasteiger partial charge < -0.3 is 4.74 Å². The molecule has 0 spiro atoms. The lowest BCUT2D eigenvalue weighted by atomic mass is 10.1. The molecule has 0 saturated carbocycles. The molecular formula is C8H15NO4. The van der Waals surface area contributed by atoms with Crippen LogP contribution in [0.2, 0.25) is 0 Å². The fourth-order valence-electron chi connectivity index (χ4n) is 0.945. The Morgan fingerprint density at radius 3 is 2.54 bits per heavy atom. The summed E-state index contributed by atoms with van der Waals surface area (Å²) in [6, 6.07) is -1.18. The molecule has 5 nitrogen and oxygen atoms in total. The van der Waals surface area contributed by atoms with E-state index in [4.69, 9.17) is 0 Å². The molecule has 5 heteroatoms. The zero-order valence-corrected chi connectivity index (χ0v) is 7.99. The number of nitro groups is 1. The Labute approximate surface area is 77.2 Å². The first kappa shape index (κ1) is 11.9. The summed E-state index contributed by atoms with van der Waals surface area (Å²) in [6.07, 6.45) is 1.77. The summed E-state index contributed by atoms with van der Waals surface area (Å²) in [5.41, 5.74) is 0. The standard InChI is InChI=1S/C8H15NO4/c1-3-5-6-7(9(11)12)8(10)13-4-2/h7H,3-6H2,1-2H3. The third kappa shape index (κ3) is 4.45. The number of unbranched alkanes of at least 4 members (excludes halogenated alkanes) is 1. The Bertz CT molecular complexity index is 181. The minimum atomic E-state index is -1.18. The van der Waals surface area contributed by atoms with E-state index in [-0.39, 0.29) is 13.0 Å². The first-order valence-electron chi connectivity index (χ1n) is 4.43. The second kappa shape index (κ2) is 6.39. The maximum atomic E-state index is 11.0. The fourth-order valence-corrected chi connectivity index (χ4v) is 0.945. The highest BCUT2D eigenvalue weighted by Gasteiger charge is 2.29. The lowest BCUT2D eigenvalue weighted by Gasteiger charge is -2.07. The topological polar surface area (TPSA) is 69.4 Å². The minimum Gasteiger partial charge on any atom is -0.461 e. The maximum absolute atomic E-state index is 11.0. The second-order valence-electron chi connectivity index (χ2n) is 2.70. The SMILES string of the molecule is CCCCC(C(=O)OCC)[N+](=O)[O-]. The van der Waals surface area contributed by atoms with Gasteiger partial charge in [-0.05, 0) is 13.3 Å². The third-order valence-corrected chi connectivity index (χ3v) is 1.64. The summed E-state index contributed by atoms with van der Waals surface area (Å²) >= 11 is 0. The van der Waals surface area contributed by atoms with E-state index in [1.54, 1.807) is 6.92 Å². The quantitative estimate of drug-likeness (QED) is 0.359. The lowest BCUT2D eigenvalue weighted by Crippen LogP contribution is -2.31. The molecule has 0 N–H and O–H groups in total. The number of nitrogens with zero attached hydrogens (tertiary/aromatic N) is 1. The number of hydrogen-bond donors (Lipinski definition) is 0. The van der Waals surface area contributed by atoms with Crippen molar-refractivity contribution in [2.24, 2.45) is 0 Å². The molecule has 0 saturated heterocycles. The van der Waals surface area contributed by atoms with Crippen LogP contribution in [-0.4, -0.2) is 23.5 Å². The van der Waals surface area contributed by atoms with Crippen molar-refractivity contribution in [2.75, 3.05) is 6.61 Å². The number of rotatable bonds is 6. The van der Waals surface area contributed by atoms with Crippen LogP contribution in [0.1, 0.15) is 33.1 Å². The van der Waals surface area contributed by atoms with Crippen molar-refractivity contribution >= 4 is 5.97 Å². The zero-order valence-electron chi connectivity index (χ0n) is 7.99. The molecular weight excluding hydrogens is 174 g/mol. The van der Waals surface area contributed by atoms with Gasteiger partial charge in [-0.1, -0.05) is 13.3 Å². The normalized spacial score (nSPS) is 12.2. The molecule has 0 aromatic rings. The van der Waals surface area contributed by atoms with Crippen LogP contribution in [0.25, 0.3) is 0 Å². The monoisotopic (exact) mass is 189 g/mol. The van der Waals surface area contributed by atoms with Crippen LogP contribution < -0.4 is 0 Å². The predicted molar refractivity (Wildman–Crippen MR) is 46.9 cm³/mol. The zero-order chi connectivity index (χ0) is 10.3. The number of carbonyl (C=O) groups is 1. The molecule has 0 fully saturated rings. The Morgan fingerprint density at radius 2 is 2.15 bits per heavy atom. The van der Waals surface area contributed by atoms with Crippen molar-refractivity contribution in [2.45, 2.75) is 39.2 Å². The first-order valence-corrected chi connectivity index (χ1v) is 4.43. The Balaban J connectivity index is 4.07. The highest BCUT2D eigenvalue weighted by molar-refractivity contribution is 5.74. The predicted octanol–water partition coefficient (Wildman–Crippen LogP) is 1.39. The Kier molecular flexibility index (Phi) is 5.84. The van der Waals surface area contributed by atoms with E-state index in [1.165, 1.54) is 0 Å². The Morgan fingerprint density at radius 1 is 1.54 bits per heavy atom. The number of hydrogen-bond acceptors (Lipinski definition) is 4. The molecule has 0 bridgehead atoms. The van der Waals surface area contributed by atoms with Crippen molar-refractivity contribution in [3.63, 3.8) is 0 Å².